The first-order valence-electron chi connectivity index (χ1n) is 6.72. The number of carbonyl (C=O) groups is 1. The number of carbonyl (C=O) groups excluding carboxylic acids is 1. The van der Waals surface area contributed by atoms with Crippen LogP contribution in [0.4, 0.5) is 0 Å². The molecule has 1 aromatic carbocycles. The van der Waals surface area contributed by atoms with Gasteiger partial charge in [0.2, 0.25) is 0 Å². The maximum Gasteiger partial charge on any atom is 0.251 e. The first kappa shape index (κ1) is 16.0. The van der Waals surface area contributed by atoms with Crippen LogP contribution < -0.4 is 10.6 Å². The molecule has 6 heteroatoms. The summed E-state index contributed by atoms with van der Waals surface area (Å²) in [6, 6.07) is 5.30. The summed E-state index contributed by atoms with van der Waals surface area (Å²) in [5, 5.41) is 6.74. The standard InChI is InChI=1S/C14H18ClIN2O2/c15-12-9-10(1-2-13(12)16)14(19)18-7-8-20-11-3-5-17-6-4-11/h1-2,9,11,17H,3-8H2,(H,18,19). The molecule has 1 aliphatic heterocycles. The van der Waals surface area contributed by atoms with Gasteiger partial charge in [0.15, 0.2) is 0 Å². The van der Waals surface area contributed by atoms with Gasteiger partial charge in [0.25, 0.3) is 5.91 Å². The van der Waals surface area contributed by atoms with Crippen molar-refractivity contribution in [1.29, 1.82) is 0 Å². The van der Waals surface area contributed by atoms with Crippen LogP contribution in [0.2, 0.25) is 5.02 Å². The Morgan fingerprint density at radius 2 is 2.20 bits per heavy atom. The Bertz CT molecular complexity index is 464. The van der Waals surface area contributed by atoms with E-state index in [1.54, 1.807) is 12.1 Å². The molecule has 0 radical (unpaired) electrons. The average Bonchev–Trinajstić information content (AvgIpc) is 2.47. The largest absolute Gasteiger partial charge is 0.376 e. The molecule has 1 heterocycles. The smallest absolute Gasteiger partial charge is 0.251 e. The van der Waals surface area contributed by atoms with Gasteiger partial charge in [-0.25, -0.2) is 0 Å². The van der Waals surface area contributed by atoms with Crippen molar-refractivity contribution in [3.63, 3.8) is 0 Å². The molecule has 0 atom stereocenters. The summed E-state index contributed by atoms with van der Waals surface area (Å²) >= 11 is 8.14. The molecule has 0 spiro atoms. The lowest BCUT2D eigenvalue weighted by molar-refractivity contribution is 0.0343. The fraction of sp³-hybridized carbons (Fsp3) is 0.500. The molecule has 0 aromatic heterocycles. The Labute approximate surface area is 137 Å². The molecule has 1 amide bonds. The minimum atomic E-state index is -0.114. The van der Waals surface area contributed by atoms with Gasteiger partial charge in [-0.05, 0) is 66.7 Å². The second-order valence-electron chi connectivity index (χ2n) is 4.70. The van der Waals surface area contributed by atoms with Gasteiger partial charge in [0.05, 0.1) is 17.7 Å². The lowest BCUT2D eigenvalue weighted by atomic mass is 10.1. The van der Waals surface area contributed by atoms with Crippen molar-refractivity contribution in [2.24, 2.45) is 0 Å². The van der Waals surface area contributed by atoms with Crippen molar-refractivity contribution >= 4 is 40.1 Å². The van der Waals surface area contributed by atoms with E-state index in [0.717, 1.165) is 29.5 Å². The van der Waals surface area contributed by atoms with Crippen LogP contribution in [0.5, 0.6) is 0 Å². The predicted molar refractivity (Wildman–Crippen MR) is 88.3 cm³/mol. The first-order valence-corrected chi connectivity index (χ1v) is 8.18. The lowest BCUT2D eigenvalue weighted by Crippen LogP contribution is -2.34. The number of amides is 1. The van der Waals surface area contributed by atoms with Crippen LogP contribution >= 0.6 is 34.2 Å². The highest BCUT2D eigenvalue weighted by molar-refractivity contribution is 14.1. The van der Waals surface area contributed by atoms with Gasteiger partial charge < -0.3 is 15.4 Å². The number of benzene rings is 1. The zero-order valence-corrected chi connectivity index (χ0v) is 14.0. The van der Waals surface area contributed by atoms with Crippen molar-refractivity contribution in [2.75, 3.05) is 26.2 Å². The Morgan fingerprint density at radius 3 is 2.90 bits per heavy atom. The molecule has 2 rings (SSSR count). The monoisotopic (exact) mass is 408 g/mol. The summed E-state index contributed by atoms with van der Waals surface area (Å²) in [7, 11) is 0. The number of ether oxygens (including phenoxy) is 1. The van der Waals surface area contributed by atoms with Crippen LogP contribution in [-0.4, -0.2) is 38.3 Å². The van der Waals surface area contributed by atoms with Crippen LogP contribution in [0.15, 0.2) is 18.2 Å². The van der Waals surface area contributed by atoms with E-state index in [-0.39, 0.29) is 5.91 Å². The molecule has 2 N–H and O–H groups in total. The van der Waals surface area contributed by atoms with Gasteiger partial charge in [0, 0.05) is 15.7 Å². The molecular weight excluding hydrogens is 391 g/mol. The molecule has 4 nitrogen and oxygen atoms in total. The Hall–Kier alpha value is -0.370. The summed E-state index contributed by atoms with van der Waals surface area (Å²) in [5.74, 6) is -0.114. The van der Waals surface area contributed by atoms with Crippen LogP contribution in [0, 0.1) is 3.57 Å². The Balaban J connectivity index is 1.70. The highest BCUT2D eigenvalue weighted by Crippen LogP contribution is 2.19. The maximum absolute atomic E-state index is 11.9. The molecular formula is C14H18ClIN2O2. The number of piperidine rings is 1. The normalized spacial score (nSPS) is 16.1. The lowest BCUT2D eigenvalue weighted by Gasteiger charge is -2.22. The molecule has 0 bridgehead atoms. The van der Waals surface area contributed by atoms with Crippen LogP contribution in [0.3, 0.4) is 0 Å². The fourth-order valence-corrected chi connectivity index (χ4v) is 2.61. The van der Waals surface area contributed by atoms with Crippen LogP contribution in [0.25, 0.3) is 0 Å². The SMILES string of the molecule is O=C(NCCOC1CCNCC1)c1ccc(I)c(Cl)c1. The summed E-state index contributed by atoms with van der Waals surface area (Å²) < 4.78 is 6.67. The zero-order chi connectivity index (χ0) is 14.4. The quantitative estimate of drug-likeness (QED) is 0.581. The number of hydrogen-bond acceptors (Lipinski definition) is 3. The van der Waals surface area contributed by atoms with E-state index in [1.807, 2.05) is 6.07 Å². The summed E-state index contributed by atoms with van der Waals surface area (Å²) in [6.07, 6.45) is 2.40. The van der Waals surface area contributed by atoms with E-state index < -0.39 is 0 Å². The van der Waals surface area contributed by atoms with Crippen molar-refractivity contribution in [3.8, 4) is 0 Å². The number of hydrogen-bond donors (Lipinski definition) is 2. The van der Waals surface area contributed by atoms with Crippen molar-refractivity contribution in [1.82, 2.24) is 10.6 Å². The third kappa shape index (κ3) is 4.87. The van der Waals surface area contributed by atoms with E-state index >= 15 is 0 Å². The highest BCUT2D eigenvalue weighted by Gasteiger charge is 2.13. The van der Waals surface area contributed by atoms with Gasteiger partial charge in [-0.1, -0.05) is 11.6 Å². The van der Waals surface area contributed by atoms with Crippen LogP contribution in [0.1, 0.15) is 23.2 Å². The number of rotatable bonds is 5. The molecule has 1 aliphatic rings. The van der Waals surface area contributed by atoms with E-state index in [0.29, 0.717) is 29.8 Å². The summed E-state index contributed by atoms with van der Waals surface area (Å²) in [4.78, 5) is 11.9. The van der Waals surface area contributed by atoms with Crippen molar-refractivity contribution in [2.45, 2.75) is 18.9 Å². The summed E-state index contributed by atoms with van der Waals surface area (Å²) in [5.41, 5.74) is 0.581. The molecule has 1 fully saturated rings. The van der Waals surface area contributed by atoms with Crippen molar-refractivity contribution in [3.05, 3.63) is 32.4 Å². The first-order chi connectivity index (χ1) is 9.66. The minimum absolute atomic E-state index is 0.114. The second-order valence-corrected chi connectivity index (χ2v) is 6.27. The number of halogens is 2. The third-order valence-electron chi connectivity index (χ3n) is 3.21. The van der Waals surface area contributed by atoms with Crippen molar-refractivity contribution < 1.29 is 9.53 Å². The topological polar surface area (TPSA) is 50.4 Å². The average molecular weight is 409 g/mol. The van der Waals surface area contributed by atoms with E-state index in [4.69, 9.17) is 16.3 Å². The zero-order valence-electron chi connectivity index (χ0n) is 11.1. The molecule has 0 unspecified atom stereocenters. The second kappa shape index (κ2) is 8.17. The third-order valence-corrected chi connectivity index (χ3v) is 4.78. The van der Waals surface area contributed by atoms with Gasteiger partial charge in [-0.15, -0.1) is 0 Å². The molecule has 0 saturated carbocycles. The maximum atomic E-state index is 11.9. The van der Waals surface area contributed by atoms with E-state index in [9.17, 15) is 4.79 Å². The molecule has 1 saturated heterocycles. The van der Waals surface area contributed by atoms with E-state index in [1.165, 1.54) is 0 Å². The Morgan fingerprint density at radius 1 is 1.45 bits per heavy atom. The fourth-order valence-electron chi connectivity index (χ4n) is 2.09. The minimum Gasteiger partial charge on any atom is -0.376 e. The predicted octanol–water partition coefficient (Wildman–Crippen LogP) is 2.44. The summed E-state index contributed by atoms with van der Waals surface area (Å²) in [6.45, 7) is 3.09. The van der Waals surface area contributed by atoms with Crippen LogP contribution in [-0.2, 0) is 4.74 Å². The van der Waals surface area contributed by atoms with Gasteiger partial charge >= 0.3 is 0 Å². The Kier molecular flexibility index (Phi) is 6.54. The molecule has 1 aromatic rings. The van der Waals surface area contributed by atoms with Gasteiger partial charge in [0.1, 0.15) is 0 Å². The van der Waals surface area contributed by atoms with Gasteiger partial charge in [-0.2, -0.15) is 0 Å². The van der Waals surface area contributed by atoms with E-state index in [2.05, 4.69) is 33.2 Å². The molecule has 20 heavy (non-hydrogen) atoms. The van der Waals surface area contributed by atoms with Gasteiger partial charge in [-0.3, -0.25) is 4.79 Å². The number of nitrogens with one attached hydrogen (secondary N) is 2. The highest BCUT2D eigenvalue weighted by atomic mass is 127. The molecule has 0 aliphatic carbocycles. The molecule has 110 valence electrons.